The van der Waals surface area contributed by atoms with E-state index < -0.39 is 93.6 Å². The summed E-state index contributed by atoms with van der Waals surface area (Å²) in [5.74, 6) is -1.02. The molecule has 6 aromatic carbocycles. The Morgan fingerprint density at radius 3 is 1.36 bits per heavy atom. The molecule has 0 heterocycles. The van der Waals surface area contributed by atoms with E-state index in [1.165, 1.54) is 42.5 Å². The second kappa shape index (κ2) is 23.5. The maximum Gasteiger partial charge on any atom is 0.296 e. The average Bonchev–Trinajstić information content (AvgIpc) is 3.18. The molecular weight excluding hydrogens is 987 g/mol. The van der Waals surface area contributed by atoms with Crippen LogP contribution in [0.2, 0.25) is 0 Å². The number of anilines is 3. The Balaban J connectivity index is 0.00000374. The van der Waals surface area contributed by atoms with Crippen LogP contribution in [0.1, 0.15) is 11.1 Å². The Bertz CT molecular complexity index is 3420. The molecule has 30 heteroatoms. The first-order chi connectivity index (χ1) is 28.9. The normalized spacial score (nSPS) is 12.2. The molecule has 4 radical (unpaired) electrons. The topological polar surface area (TPSA) is 390 Å². The zero-order valence-electron chi connectivity index (χ0n) is 34.9. The molecule has 0 bridgehead atoms. The molecule has 11 N–H and O–H groups in total. The van der Waals surface area contributed by atoms with Gasteiger partial charge in [-0.2, -0.15) is 49.0 Å². The van der Waals surface area contributed by atoms with Gasteiger partial charge < -0.3 is 22.3 Å². The minimum absolute atomic E-state index is 0. The second-order valence-corrected chi connectivity index (χ2v) is 18.3. The van der Waals surface area contributed by atoms with Gasteiger partial charge in [-0.15, -0.1) is 15.3 Å². The van der Waals surface area contributed by atoms with Gasteiger partial charge in [-0.05, 0) is 83.2 Å². The third-order valence-electron chi connectivity index (χ3n) is 8.47. The maximum atomic E-state index is 12.5. The van der Waals surface area contributed by atoms with Crippen LogP contribution in [0.15, 0.2) is 147 Å². The van der Waals surface area contributed by atoms with Crippen molar-refractivity contribution in [2.75, 3.05) is 17.2 Å². The first-order valence-corrected chi connectivity index (χ1v) is 22.6. The van der Waals surface area contributed by atoms with E-state index >= 15 is 0 Å². The van der Waals surface area contributed by atoms with Gasteiger partial charge in [0.15, 0.2) is 5.75 Å². The monoisotopic (exact) mass is 1020 g/mol. The molecule has 0 aromatic heterocycles. The minimum atomic E-state index is -5.27. The molecular formula is C36H29N9Na4O13S4. The SMILES string of the molecule is Nc1ccc(N=Nc2ccc(C=Cc3ccc(N=Nc4c(S(=O)(=O)O)cc5cc(S(=O)(=O)O)c(N=Nc6ccccc6)c(O)c5c4N)cc3S(=O)(=O)O)c(S(=O)(=O)O)c2)c(N)c1.[Na].[Na].[Na].[Na]. The first kappa shape index (κ1) is 59.1. The molecule has 0 fully saturated rings. The zero-order valence-corrected chi connectivity index (χ0v) is 46.2. The number of aromatic hydroxyl groups is 1. The van der Waals surface area contributed by atoms with Crippen molar-refractivity contribution in [3.63, 3.8) is 0 Å². The van der Waals surface area contributed by atoms with Crippen LogP contribution < -0.4 is 17.2 Å². The van der Waals surface area contributed by atoms with Crippen LogP contribution >= 0.6 is 0 Å². The van der Waals surface area contributed by atoms with Crippen molar-refractivity contribution in [2.45, 2.75) is 19.6 Å². The first-order valence-electron chi connectivity index (χ1n) is 16.9. The minimum Gasteiger partial charge on any atom is -0.505 e. The molecule has 0 aliphatic heterocycles. The predicted octanol–water partition coefficient (Wildman–Crippen LogP) is 6.17. The van der Waals surface area contributed by atoms with E-state index in [4.69, 9.17) is 17.2 Å². The summed E-state index contributed by atoms with van der Waals surface area (Å²) < 4.78 is 140. The smallest absolute Gasteiger partial charge is 0.296 e. The van der Waals surface area contributed by atoms with Gasteiger partial charge in [0.2, 0.25) is 0 Å². The number of fused-ring (bicyclic) bond motifs is 1. The third-order valence-corrected chi connectivity index (χ3v) is 12.0. The van der Waals surface area contributed by atoms with Crippen LogP contribution in [0.3, 0.4) is 0 Å². The summed E-state index contributed by atoms with van der Waals surface area (Å²) in [5.41, 5.74) is 15.5. The molecule has 0 amide bonds. The Morgan fingerprint density at radius 1 is 0.455 bits per heavy atom. The molecule has 0 unspecified atom stereocenters. The van der Waals surface area contributed by atoms with Gasteiger partial charge in [-0.3, -0.25) is 18.2 Å². The number of hydrogen-bond donors (Lipinski definition) is 8. The van der Waals surface area contributed by atoms with Gasteiger partial charge >= 0.3 is 0 Å². The second-order valence-electron chi connectivity index (χ2n) is 12.7. The van der Waals surface area contributed by atoms with Crippen molar-refractivity contribution in [2.24, 2.45) is 30.7 Å². The van der Waals surface area contributed by atoms with Crippen molar-refractivity contribution in [3.05, 3.63) is 108 Å². The Labute approximate surface area is 465 Å². The summed E-state index contributed by atoms with van der Waals surface area (Å²) in [4.78, 5) is -3.58. The molecule has 0 saturated heterocycles. The Morgan fingerprint density at radius 2 is 0.894 bits per heavy atom. The molecule has 66 heavy (non-hydrogen) atoms. The average molecular weight is 1020 g/mol. The van der Waals surface area contributed by atoms with E-state index in [0.29, 0.717) is 17.8 Å². The third kappa shape index (κ3) is 14.3. The summed E-state index contributed by atoms with van der Waals surface area (Å²) in [6.07, 6.45) is 2.16. The van der Waals surface area contributed by atoms with E-state index in [-0.39, 0.29) is 158 Å². The van der Waals surface area contributed by atoms with Crippen LogP contribution in [0.25, 0.3) is 22.9 Å². The van der Waals surface area contributed by atoms with E-state index in [2.05, 4.69) is 30.7 Å². The van der Waals surface area contributed by atoms with Gasteiger partial charge in [-0.1, -0.05) is 42.5 Å². The van der Waals surface area contributed by atoms with Gasteiger partial charge in [0.25, 0.3) is 40.5 Å². The molecule has 0 atom stereocenters. The van der Waals surface area contributed by atoms with Gasteiger partial charge in [0.05, 0.1) is 33.8 Å². The number of hydrogen-bond acceptors (Lipinski definition) is 18. The molecule has 6 aromatic rings. The fourth-order valence-electron chi connectivity index (χ4n) is 5.66. The molecule has 0 spiro atoms. The van der Waals surface area contributed by atoms with E-state index in [0.717, 1.165) is 36.4 Å². The number of nitrogens with zero attached hydrogens (tertiary/aromatic N) is 6. The van der Waals surface area contributed by atoms with Crippen molar-refractivity contribution < 1.29 is 57.0 Å². The fourth-order valence-corrected chi connectivity index (χ4v) is 8.40. The predicted molar refractivity (Wildman–Crippen MR) is 248 cm³/mol. The number of nitrogen functional groups attached to an aromatic ring is 3. The molecule has 0 aliphatic rings. The number of phenols is 1. The standard InChI is InChI=1S/C36H29N9O13S4.4Na/c37-22-10-13-27(26(38)16-22)43-41-24-11-8-19(28(17-24)59(47,48)49)6-7-20-9-12-25(18-29(20)60(50,51)52)42-44-34-30(61(53,54)55)14-21-15-31(62(56,57)58)35(36(46)32(21)33(34)39)45-40-23-4-2-1-3-5-23;;;;/h1-18,46H,37-39H2,(H,47,48,49)(H,50,51,52)(H,53,54,55)(H,56,57,58);;;;. The van der Waals surface area contributed by atoms with Crippen LogP contribution in [0.5, 0.6) is 5.75 Å². The number of nitrogens with two attached hydrogens (primary N) is 3. The number of azo groups is 3. The van der Waals surface area contributed by atoms with Crippen LogP contribution in [-0.4, -0.2) is 175 Å². The molecule has 6 rings (SSSR count). The largest absolute Gasteiger partial charge is 0.505 e. The summed E-state index contributed by atoms with van der Waals surface area (Å²) in [7, 11) is -20.5. The van der Waals surface area contributed by atoms with Crippen LogP contribution in [-0.2, 0) is 40.5 Å². The van der Waals surface area contributed by atoms with Crippen molar-refractivity contribution in [3.8, 4) is 5.75 Å². The van der Waals surface area contributed by atoms with Crippen molar-refractivity contribution >= 4 is 233 Å². The van der Waals surface area contributed by atoms with Gasteiger partial charge in [0.1, 0.15) is 36.6 Å². The van der Waals surface area contributed by atoms with Crippen molar-refractivity contribution in [1.82, 2.24) is 0 Å². The Kier molecular flexibility index (Phi) is 21.0. The molecule has 22 nitrogen and oxygen atoms in total. The van der Waals surface area contributed by atoms with Crippen LogP contribution in [0.4, 0.5) is 51.2 Å². The summed E-state index contributed by atoms with van der Waals surface area (Å²) >= 11 is 0. The fraction of sp³-hybridized carbons (Fsp3) is 0. The molecule has 0 saturated carbocycles. The Hall–Kier alpha value is -3.04. The number of benzene rings is 6. The maximum absolute atomic E-state index is 12.5. The number of rotatable bonds is 12. The summed E-state index contributed by atoms with van der Waals surface area (Å²) in [5, 5.41) is 33.4. The van der Waals surface area contributed by atoms with E-state index in [1.54, 1.807) is 18.2 Å². The van der Waals surface area contributed by atoms with Gasteiger partial charge in [-0.25, -0.2) is 0 Å². The quantitative estimate of drug-likeness (QED) is 0.0223. The summed E-state index contributed by atoms with van der Waals surface area (Å²) in [6.45, 7) is 0. The van der Waals surface area contributed by atoms with Gasteiger partial charge in [0, 0.05) is 124 Å². The van der Waals surface area contributed by atoms with E-state index in [9.17, 15) is 57.0 Å². The van der Waals surface area contributed by atoms with Crippen molar-refractivity contribution in [1.29, 1.82) is 0 Å². The molecule has 324 valence electrons. The van der Waals surface area contributed by atoms with E-state index in [1.807, 2.05) is 0 Å². The number of phenolic OH excluding ortho intramolecular Hbond substituents is 1. The zero-order chi connectivity index (χ0) is 45.4. The molecule has 0 aliphatic carbocycles. The summed E-state index contributed by atoms with van der Waals surface area (Å²) in [6, 6.07) is 20.0. The van der Waals surface area contributed by atoms with Crippen LogP contribution in [0, 0.1) is 0 Å².